The Labute approximate surface area is 215 Å². The smallest absolute Gasteiger partial charge is 0.255 e. The normalized spacial score (nSPS) is 15.2. The van der Waals surface area contributed by atoms with Crippen LogP contribution < -0.4 is 15.4 Å². The summed E-state index contributed by atoms with van der Waals surface area (Å²) in [5.74, 6) is 2.61. The molecule has 0 saturated heterocycles. The molecule has 1 amide bonds. The Morgan fingerprint density at radius 2 is 1.60 bits per heavy atom. The fraction of sp³-hybridized carbons (Fsp3) is 0.552. The van der Waals surface area contributed by atoms with Gasteiger partial charge in [0.25, 0.3) is 5.91 Å². The molecule has 6 heteroatoms. The van der Waals surface area contributed by atoms with E-state index in [-0.39, 0.29) is 11.2 Å². The van der Waals surface area contributed by atoms with Gasteiger partial charge >= 0.3 is 0 Å². The van der Waals surface area contributed by atoms with Gasteiger partial charge in [0, 0.05) is 23.5 Å². The number of hydrogen-bond donors (Lipinski definition) is 2. The lowest BCUT2D eigenvalue weighted by Gasteiger charge is -2.24. The zero-order valence-electron chi connectivity index (χ0n) is 21.7. The number of thioether (sulfide) groups is 1. The molecule has 1 atom stereocenters. The maximum absolute atomic E-state index is 12.9. The van der Waals surface area contributed by atoms with Crippen molar-refractivity contribution in [2.75, 3.05) is 19.4 Å². The van der Waals surface area contributed by atoms with Crippen molar-refractivity contribution < 1.29 is 14.3 Å². The average Bonchev–Trinajstić information content (AvgIpc) is 2.88. The molecule has 1 aromatic rings. The number of benzene rings is 1. The van der Waals surface area contributed by atoms with Gasteiger partial charge in [-0.1, -0.05) is 65.2 Å². The van der Waals surface area contributed by atoms with E-state index in [0.717, 1.165) is 37.3 Å². The van der Waals surface area contributed by atoms with Gasteiger partial charge in [-0.15, -0.1) is 11.8 Å². The predicted molar refractivity (Wildman–Crippen MR) is 148 cm³/mol. The average molecular weight is 499 g/mol. The molecule has 1 unspecified atom stereocenters. The molecule has 1 aliphatic carbocycles. The molecule has 0 heterocycles. The van der Waals surface area contributed by atoms with Crippen LogP contribution in [0.1, 0.15) is 88.4 Å². The second-order valence-corrected chi connectivity index (χ2v) is 9.90. The maximum atomic E-state index is 12.9. The van der Waals surface area contributed by atoms with Crippen LogP contribution in [-0.2, 0) is 4.79 Å². The van der Waals surface area contributed by atoms with E-state index in [9.17, 15) is 9.59 Å². The number of unbranched alkanes of at least 4 members (excludes halogenated alkanes) is 8. The molecule has 2 rings (SSSR count). The highest BCUT2D eigenvalue weighted by Gasteiger charge is 2.24. The summed E-state index contributed by atoms with van der Waals surface area (Å²) in [5, 5.41) is 6.09. The second kappa shape index (κ2) is 17.1. The van der Waals surface area contributed by atoms with Crippen LogP contribution in [0.2, 0.25) is 0 Å². The second-order valence-electron chi connectivity index (χ2n) is 8.95. The van der Waals surface area contributed by atoms with Gasteiger partial charge in [0.1, 0.15) is 11.7 Å². The first-order chi connectivity index (χ1) is 17.1. The number of carbonyl (C=O) groups excluding carboxylic acids is 2. The van der Waals surface area contributed by atoms with E-state index >= 15 is 0 Å². The summed E-state index contributed by atoms with van der Waals surface area (Å²) in [5.41, 5.74) is 2.59. The number of amides is 1. The zero-order chi connectivity index (χ0) is 25.3. The Kier molecular flexibility index (Phi) is 14.1. The molecule has 5 nitrogen and oxygen atoms in total. The number of nitrogens with one attached hydrogen (secondary N) is 2. The number of ether oxygens (including phenoxy) is 1. The number of allylic oxidation sites excluding steroid dienone is 2. The molecule has 35 heavy (non-hydrogen) atoms. The minimum atomic E-state index is -0.248. The molecule has 1 aromatic carbocycles. The molecule has 192 valence electrons. The topological polar surface area (TPSA) is 67.4 Å². The van der Waals surface area contributed by atoms with Crippen LogP contribution in [-0.4, -0.2) is 36.5 Å². The van der Waals surface area contributed by atoms with Crippen molar-refractivity contribution in [2.24, 2.45) is 0 Å². The van der Waals surface area contributed by atoms with Crippen LogP contribution in [0.25, 0.3) is 0 Å². The first-order valence-electron chi connectivity index (χ1n) is 13.1. The lowest BCUT2D eigenvalue weighted by Crippen LogP contribution is -2.32. The van der Waals surface area contributed by atoms with Gasteiger partial charge in [0.05, 0.1) is 17.4 Å². The Bertz CT molecular complexity index is 886. The quantitative estimate of drug-likeness (QED) is 0.187. The molecule has 0 aliphatic heterocycles. The summed E-state index contributed by atoms with van der Waals surface area (Å²) in [6, 6.07) is 7.25. The Balaban J connectivity index is 1.85. The fourth-order valence-corrected chi connectivity index (χ4v) is 4.73. The summed E-state index contributed by atoms with van der Waals surface area (Å²) in [7, 11) is 0. The van der Waals surface area contributed by atoms with E-state index in [2.05, 4.69) is 24.5 Å². The summed E-state index contributed by atoms with van der Waals surface area (Å²) < 4.78 is 5.85. The molecule has 2 N–H and O–H groups in total. The summed E-state index contributed by atoms with van der Waals surface area (Å²) in [6.07, 6.45) is 17.9. The molecule has 0 spiro atoms. The molecule has 0 bridgehead atoms. The largest absolute Gasteiger partial charge is 0.494 e. The van der Waals surface area contributed by atoms with Gasteiger partial charge in [0.15, 0.2) is 0 Å². The van der Waals surface area contributed by atoms with Gasteiger partial charge in [-0.25, -0.2) is 4.79 Å². The summed E-state index contributed by atoms with van der Waals surface area (Å²) >= 11 is 1.50. The standard InChI is InChI=1S/C29H42N2O3S/c1-4-6-8-9-10-11-12-13-19-34-26-16-14-23(15-17-26)29(33)31-27-21-25(30-18-7-5-2)20-24(22-32)28(27)35-3/h14-17,20-21,28,30H,4-13,18-19H2,1-3H3,(H,31,33). The van der Waals surface area contributed by atoms with Crippen molar-refractivity contribution in [1.29, 1.82) is 0 Å². The van der Waals surface area contributed by atoms with E-state index in [1.165, 1.54) is 56.7 Å². The molecular weight excluding hydrogens is 456 g/mol. The molecule has 1 aliphatic rings. The third-order valence-electron chi connectivity index (χ3n) is 6.04. The molecular formula is C29H42N2O3S. The SMILES string of the molecule is CCCCCCCCCCOc1ccc(C(=O)NC2=CC(NCCCC)=CC(=C=O)C2SC)cc1. The van der Waals surface area contributed by atoms with Crippen LogP contribution >= 0.6 is 11.8 Å². The summed E-state index contributed by atoms with van der Waals surface area (Å²) in [4.78, 5) is 24.5. The van der Waals surface area contributed by atoms with Crippen LogP contribution in [0.4, 0.5) is 0 Å². The van der Waals surface area contributed by atoms with Crippen LogP contribution in [0.5, 0.6) is 5.75 Å². The fourth-order valence-electron chi connectivity index (χ4n) is 3.98. The van der Waals surface area contributed by atoms with E-state index in [1.807, 2.05) is 36.5 Å². The lowest BCUT2D eigenvalue weighted by atomic mass is 10.0. The Morgan fingerprint density at radius 1 is 0.943 bits per heavy atom. The monoisotopic (exact) mass is 498 g/mol. The minimum absolute atomic E-state index is 0.204. The first kappa shape index (κ1) is 28.8. The van der Waals surface area contributed by atoms with Gasteiger partial charge < -0.3 is 15.4 Å². The van der Waals surface area contributed by atoms with Crippen molar-refractivity contribution in [1.82, 2.24) is 10.6 Å². The third-order valence-corrected chi connectivity index (χ3v) is 7.02. The zero-order valence-corrected chi connectivity index (χ0v) is 22.5. The van der Waals surface area contributed by atoms with Crippen LogP contribution in [0.15, 0.2) is 53.4 Å². The predicted octanol–water partition coefficient (Wildman–Crippen LogP) is 6.60. The molecule has 0 saturated carbocycles. The minimum Gasteiger partial charge on any atom is -0.494 e. The first-order valence-corrected chi connectivity index (χ1v) is 14.4. The van der Waals surface area contributed by atoms with Gasteiger partial charge in [-0.3, -0.25) is 4.79 Å². The Hall–Kier alpha value is -2.43. The highest BCUT2D eigenvalue weighted by atomic mass is 32.2. The summed E-state index contributed by atoms with van der Waals surface area (Å²) in [6.45, 7) is 5.89. The molecule has 0 fully saturated rings. The van der Waals surface area contributed by atoms with E-state index < -0.39 is 0 Å². The van der Waals surface area contributed by atoms with Crippen molar-refractivity contribution in [3.05, 3.63) is 58.9 Å². The van der Waals surface area contributed by atoms with Gasteiger partial charge in [-0.05, 0) is 55.5 Å². The van der Waals surface area contributed by atoms with E-state index in [4.69, 9.17) is 4.74 Å². The van der Waals surface area contributed by atoms with E-state index in [1.54, 1.807) is 12.1 Å². The number of carbonyl (C=O) groups is 1. The van der Waals surface area contributed by atoms with Crippen LogP contribution in [0, 0.1) is 0 Å². The van der Waals surface area contributed by atoms with Crippen molar-refractivity contribution >= 4 is 23.6 Å². The maximum Gasteiger partial charge on any atom is 0.255 e. The van der Waals surface area contributed by atoms with Crippen molar-refractivity contribution in [3.8, 4) is 5.75 Å². The molecule has 0 aromatic heterocycles. The highest BCUT2D eigenvalue weighted by Crippen LogP contribution is 2.28. The van der Waals surface area contributed by atoms with Crippen molar-refractivity contribution in [2.45, 2.75) is 83.3 Å². The number of rotatable bonds is 17. The van der Waals surface area contributed by atoms with Crippen LogP contribution in [0.3, 0.4) is 0 Å². The lowest BCUT2D eigenvalue weighted by molar-refractivity contribution is 0.0965. The van der Waals surface area contributed by atoms with Crippen molar-refractivity contribution in [3.63, 3.8) is 0 Å². The highest BCUT2D eigenvalue weighted by molar-refractivity contribution is 7.99. The van der Waals surface area contributed by atoms with E-state index in [0.29, 0.717) is 23.4 Å². The number of hydrogen-bond acceptors (Lipinski definition) is 5. The van der Waals surface area contributed by atoms with Gasteiger partial charge in [-0.2, -0.15) is 0 Å². The Morgan fingerprint density at radius 3 is 2.23 bits per heavy atom. The molecule has 0 radical (unpaired) electrons. The van der Waals surface area contributed by atoms with Gasteiger partial charge in [0.2, 0.25) is 0 Å². The third kappa shape index (κ3) is 10.4.